The molecule has 0 aliphatic carbocycles. The van der Waals surface area contributed by atoms with E-state index in [2.05, 4.69) is 39.7 Å². The summed E-state index contributed by atoms with van der Waals surface area (Å²) in [6.45, 7) is 6.61. The van der Waals surface area contributed by atoms with Crippen LogP contribution < -0.4 is 10.6 Å². The van der Waals surface area contributed by atoms with Gasteiger partial charge < -0.3 is 10.6 Å². The maximum atomic E-state index is 6.00. The van der Waals surface area contributed by atoms with Gasteiger partial charge in [-0.25, -0.2) is 0 Å². The van der Waals surface area contributed by atoms with Crippen molar-refractivity contribution in [2.24, 2.45) is 0 Å². The van der Waals surface area contributed by atoms with E-state index in [-0.39, 0.29) is 0 Å². The molecule has 0 spiro atoms. The second-order valence-electron chi connectivity index (χ2n) is 4.22. The van der Waals surface area contributed by atoms with Crippen molar-refractivity contribution in [3.63, 3.8) is 0 Å². The van der Waals surface area contributed by atoms with Gasteiger partial charge in [-0.15, -0.1) is 0 Å². The second-order valence-corrected chi connectivity index (χ2v) is 6.96. The van der Waals surface area contributed by atoms with E-state index in [0.717, 1.165) is 28.9 Å². The topological polar surface area (TPSA) is 42.1 Å². The van der Waals surface area contributed by atoms with Crippen molar-refractivity contribution in [2.75, 3.05) is 23.7 Å². The molecular formula is C11H16BrN3S. The molecule has 1 aromatic heterocycles. The lowest BCUT2D eigenvalue weighted by Crippen LogP contribution is -2.40. The quantitative estimate of drug-likeness (QED) is 0.866. The first-order valence-corrected chi connectivity index (χ1v) is 7.11. The number of nitrogens with zero attached hydrogens (tertiary/aromatic N) is 2. The third-order valence-corrected chi connectivity index (χ3v) is 4.44. The predicted molar refractivity (Wildman–Crippen MR) is 75.1 cm³/mol. The lowest BCUT2D eigenvalue weighted by Gasteiger charge is -2.37. The molecule has 1 saturated heterocycles. The molecule has 2 atom stereocenters. The Morgan fingerprint density at radius 2 is 2.00 bits per heavy atom. The predicted octanol–water partition coefficient (Wildman–Crippen LogP) is 2.76. The van der Waals surface area contributed by atoms with Crippen LogP contribution in [0.15, 0.2) is 16.9 Å². The van der Waals surface area contributed by atoms with Crippen molar-refractivity contribution in [3.05, 3.63) is 16.9 Å². The van der Waals surface area contributed by atoms with E-state index in [4.69, 9.17) is 5.73 Å². The van der Waals surface area contributed by atoms with Gasteiger partial charge in [0.05, 0.1) is 22.0 Å². The van der Waals surface area contributed by atoms with Crippen LogP contribution in [0, 0.1) is 0 Å². The molecule has 0 aromatic carbocycles. The molecule has 1 fully saturated rings. The number of thioether (sulfide) groups is 1. The van der Waals surface area contributed by atoms with Crippen LogP contribution in [0.5, 0.6) is 0 Å². The van der Waals surface area contributed by atoms with Gasteiger partial charge in [0.15, 0.2) is 0 Å². The number of nitrogen functional groups attached to an aromatic ring is 1. The maximum Gasteiger partial charge on any atom is 0.0776 e. The Hall–Kier alpha value is -0.420. The van der Waals surface area contributed by atoms with E-state index >= 15 is 0 Å². The van der Waals surface area contributed by atoms with E-state index in [1.807, 2.05) is 18.0 Å². The molecule has 0 bridgehead atoms. The number of nitrogens with two attached hydrogens (primary N) is 1. The fourth-order valence-electron chi connectivity index (χ4n) is 2.14. The molecule has 88 valence electrons. The molecule has 16 heavy (non-hydrogen) atoms. The van der Waals surface area contributed by atoms with Crippen molar-refractivity contribution in [1.29, 1.82) is 0 Å². The Labute approximate surface area is 109 Å². The fraction of sp³-hybridized carbons (Fsp3) is 0.545. The Bertz CT molecular complexity index is 355. The Morgan fingerprint density at radius 3 is 2.56 bits per heavy atom. The SMILES string of the molecule is CC1CN(c2c(N)cncc2Br)CC(C)S1. The van der Waals surface area contributed by atoms with E-state index in [1.54, 1.807) is 6.20 Å². The van der Waals surface area contributed by atoms with Gasteiger partial charge in [0.2, 0.25) is 0 Å². The third kappa shape index (κ3) is 2.46. The number of rotatable bonds is 1. The fourth-order valence-corrected chi connectivity index (χ4v) is 4.06. The van der Waals surface area contributed by atoms with Crippen molar-refractivity contribution in [1.82, 2.24) is 4.98 Å². The number of halogens is 1. The van der Waals surface area contributed by atoms with Gasteiger partial charge in [0.25, 0.3) is 0 Å². The van der Waals surface area contributed by atoms with Crippen molar-refractivity contribution in [3.8, 4) is 0 Å². The molecule has 2 unspecified atom stereocenters. The highest BCUT2D eigenvalue weighted by atomic mass is 79.9. The van der Waals surface area contributed by atoms with Gasteiger partial charge in [-0.1, -0.05) is 13.8 Å². The second kappa shape index (κ2) is 4.84. The minimum absolute atomic E-state index is 0.642. The van der Waals surface area contributed by atoms with Crippen LogP contribution in [0.3, 0.4) is 0 Å². The van der Waals surface area contributed by atoms with Gasteiger partial charge in [-0.3, -0.25) is 4.98 Å². The molecule has 0 saturated carbocycles. The lowest BCUT2D eigenvalue weighted by atomic mass is 10.2. The zero-order chi connectivity index (χ0) is 11.7. The number of anilines is 2. The molecule has 2 rings (SSSR count). The highest BCUT2D eigenvalue weighted by Gasteiger charge is 2.24. The Morgan fingerprint density at radius 1 is 1.38 bits per heavy atom. The largest absolute Gasteiger partial charge is 0.396 e. The molecule has 0 radical (unpaired) electrons. The number of pyridine rings is 1. The normalized spacial score (nSPS) is 25.8. The Balaban J connectivity index is 2.29. The van der Waals surface area contributed by atoms with Crippen LogP contribution in [-0.2, 0) is 0 Å². The smallest absolute Gasteiger partial charge is 0.0776 e. The Kier molecular flexibility index (Phi) is 3.64. The number of hydrogen-bond donors (Lipinski definition) is 1. The van der Waals surface area contributed by atoms with Gasteiger partial charge in [-0.2, -0.15) is 11.8 Å². The average molecular weight is 302 g/mol. The van der Waals surface area contributed by atoms with Crippen LogP contribution in [-0.4, -0.2) is 28.6 Å². The van der Waals surface area contributed by atoms with Crippen LogP contribution in [0.2, 0.25) is 0 Å². The summed E-state index contributed by atoms with van der Waals surface area (Å²) < 4.78 is 0.985. The molecule has 5 heteroatoms. The first-order chi connectivity index (χ1) is 7.58. The minimum atomic E-state index is 0.642. The summed E-state index contributed by atoms with van der Waals surface area (Å²) in [6.07, 6.45) is 3.53. The van der Waals surface area contributed by atoms with Gasteiger partial charge in [-0.05, 0) is 15.9 Å². The standard InChI is InChI=1S/C11H16BrN3S/c1-7-5-15(6-8(2)16-7)11-9(12)3-14-4-10(11)13/h3-4,7-8H,5-6,13H2,1-2H3. The lowest BCUT2D eigenvalue weighted by molar-refractivity contribution is 0.727. The zero-order valence-electron chi connectivity index (χ0n) is 9.48. The van der Waals surface area contributed by atoms with Crippen molar-refractivity contribution >= 4 is 39.1 Å². The van der Waals surface area contributed by atoms with Crippen LogP contribution in [0.4, 0.5) is 11.4 Å². The molecule has 2 N–H and O–H groups in total. The summed E-state index contributed by atoms with van der Waals surface area (Å²) in [4.78, 5) is 6.43. The summed E-state index contributed by atoms with van der Waals surface area (Å²) in [7, 11) is 0. The van der Waals surface area contributed by atoms with Crippen LogP contribution in [0.1, 0.15) is 13.8 Å². The van der Waals surface area contributed by atoms with Gasteiger partial charge >= 0.3 is 0 Å². The molecule has 2 heterocycles. The summed E-state index contributed by atoms with van der Waals surface area (Å²) in [5.41, 5.74) is 7.84. The van der Waals surface area contributed by atoms with Crippen molar-refractivity contribution < 1.29 is 0 Å². The monoisotopic (exact) mass is 301 g/mol. The van der Waals surface area contributed by atoms with E-state index in [9.17, 15) is 0 Å². The molecule has 0 amide bonds. The minimum Gasteiger partial charge on any atom is -0.396 e. The molecular weight excluding hydrogens is 286 g/mol. The van der Waals surface area contributed by atoms with Crippen LogP contribution in [0.25, 0.3) is 0 Å². The van der Waals surface area contributed by atoms with E-state index < -0.39 is 0 Å². The van der Waals surface area contributed by atoms with E-state index in [0.29, 0.717) is 10.5 Å². The average Bonchev–Trinajstić information content (AvgIpc) is 2.15. The van der Waals surface area contributed by atoms with E-state index in [1.165, 1.54) is 0 Å². The molecule has 1 aliphatic heterocycles. The molecule has 1 aliphatic rings. The third-order valence-electron chi connectivity index (χ3n) is 2.64. The van der Waals surface area contributed by atoms with Crippen molar-refractivity contribution in [2.45, 2.75) is 24.3 Å². The maximum absolute atomic E-state index is 6.00. The highest BCUT2D eigenvalue weighted by Crippen LogP contribution is 2.35. The zero-order valence-corrected chi connectivity index (χ0v) is 11.9. The number of aromatic nitrogens is 1. The summed E-state index contributed by atoms with van der Waals surface area (Å²) >= 11 is 5.57. The first-order valence-electron chi connectivity index (χ1n) is 5.37. The summed E-state index contributed by atoms with van der Waals surface area (Å²) in [5.74, 6) is 0. The summed E-state index contributed by atoms with van der Waals surface area (Å²) in [5, 5.41) is 1.28. The summed E-state index contributed by atoms with van der Waals surface area (Å²) in [6, 6.07) is 0. The van der Waals surface area contributed by atoms with Crippen LogP contribution >= 0.6 is 27.7 Å². The first kappa shape index (κ1) is 12.0. The highest BCUT2D eigenvalue weighted by molar-refractivity contribution is 9.10. The number of hydrogen-bond acceptors (Lipinski definition) is 4. The molecule has 3 nitrogen and oxygen atoms in total. The van der Waals surface area contributed by atoms with Gasteiger partial charge in [0.1, 0.15) is 0 Å². The molecule has 1 aromatic rings. The van der Waals surface area contributed by atoms with Gasteiger partial charge in [0, 0.05) is 29.8 Å².